The zero-order valence-corrected chi connectivity index (χ0v) is 11.4. The third kappa shape index (κ3) is 15.3. The molecule has 102 valence electrons. The molecule has 0 aromatic rings. The fourth-order valence-corrected chi connectivity index (χ4v) is 0.846. The molecule has 0 radical (unpaired) electrons. The average Bonchev–Trinajstić information content (AvgIpc) is 2.33. The summed E-state index contributed by atoms with van der Waals surface area (Å²) in [5, 5.41) is 0. The van der Waals surface area contributed by atoms with Crippen molar-refractivity contribution in [1.29, 1.82) is 0 Å². The SMILES string of the molecule is C=CC.CCC(C)C(=O)COCCOCCN. The fourth-order valence-electron chi connectivity index (χ4n) is 0.846. The van der Waals surface area contributed by atoms with E-state index in [1.165, 1.54) is 0 Å². The Morgan fingerprint density at radius 2 is 1.88 bits per heavy atom. The molecule has 0 bridgehead atoms. The van der Waals surface area contributed by atoms with Crippen LogP contribution >= 0.6 is 0 Å². The number of carbonyl (C=O) groups is 1. The molecule has 0 saturated carbocycles. The maximum absolute atomic E-state index is 11.3. The van der Waals surface area contributed by atoms with E-state index in [1.807, 2.05) is 20.8 Å². The zero-order valence-electron chi connectivity index (χ0n) is 11.4. The summed E-state index contributed by atoms with van der Waals surface area (Å²) in [6.07, 6.45) is 2.62. The van der Waals surface area contributed by atoms with Crippen molar-refractivity contribution < 1.29 is 14.3 Å². The summed E-state index contributed by atoms with van der Waals surface area (Å²) in [6.45, 7) is 11.4. The molecule has 0 fully saturated rings. The summed E-state index contributed by atoms with van der Waals surface area (Å²) in [4.78, 5) is 11.3. The van der Waals surface area contributed by atoms with Gasteiger partial charge in [-0.3, -0.25) is 4.79 Å². The molecule has 0 aliphatic carbocycles. The normalized spacial score (nSPS) is 11.3. The van der Waals surface area contributed by atoms with E-state index >= 15 is 0 Å². The van der Waals surface area contributed by atoms with Crippen molar-refractivity contribution in [3.8, 4) is 0 Å². The second kappa shape index (κ2) is 15.3. The van der Waals surface area contributed by atoms with E-state index in [0.29, 0.717) is 26.4 Å². The Morgan fingerprint density at radius 3 is 2.35 bits per heavy atom. The van der Waals surface area contributed by atoms with E-state index in [0.717, 1.165) is 6.42 Å². The van der Waals surface area contributed by atoms with Crippen molar-refractivity contribution in [3.63, 3.8) is 0 Å². The molecule has 0 saturated heterocycles. The van der Waals surface area contributed by atoms with Gasteiger partial charge in [0.05, 0.1) is 19.8 Å². The summed E-state index contributed by atoms with van der Waals surface area (Å²) in [5.41, 5.74) is 5.23. The van der Waals surface area contributed by atoms with Crippen molar-refractivity contribution in [1.82, 2.24) is 0 Å². The molecule has 1 atom stereocenters. The van der Waals surface area contributed by atoms with Crippen LogP contribution in [0.15, 0.2) is 12.7 Å². The monoisotopic (exact) mass is 245 g/mol. The maximum atomic E-state index is 11.3. The van der Waals surface area contributed by atoms with Gasteiger partial charge in [0.25, 0.3) is 0 Å². The number of nitrogens with two attached hydrogens (primary N) is 1. The molecule has 0 heterocycles. The van der Waals surface area contributed by atoms with Gasteiger partial charge >= 0.3 is 0 Å². The van der Waals surface area contributed by atoms with Gasteiger partial charge in [0.2, 0.25) is 0 Å². The maximum Gasteiger partial charge on any atom is 0.161 e. The lowest BCUT2D eigenvalue weighted by Gasteiger charge is -2.08. The van der Waals surface area contributed by atoms with Crippen LogP contribution in [0.4, 0.5) is 0 Å². The standard InChI is InChI=1S/C10H21NO3.C3H6/c1-3-9(2)10(12)8-14-7-6-13-5-4-11;1-3-2/h9H,3-8,11H2,1-2H3;3H,1H2,2H3. The smallest absolute Gasteiger partial charge is 0.161 e. The van der Waals surface area contributed by atoms with Gasteiger partial charge in [0.1, 0.15) is 6.61 Å². The highest BCUT2D eigenvalue weighted by atomic mass is 16.5. The number of ketones is 1. The van der Waals surface area contributed by atoms with Crippen LogP contribution in [0.3, 0.4) is 0 Å². The molecule has 0 aromatic carbocycles. The molecule has 0 rings (SSSR count). The molecule has 17 heavy (non-hydrogen) atoms. The molecule has 0 spiro atoms. The van der Waals surface area contributed by atoms with Gasteiger partial charge in [-0.15, -0.1) is 6.58 Å². The van der Waals surface area contributed by atoms with Gasteiger partial charge < -0.3 is 15.2 Å². The second-order valence-corrected chi connectivity index (χ2v) is 3.64. The van der Waals surface area contributed by atoms with Crippen LogP contribution in [-0.2, 0) is 14.3 Å². The van der Waals surface area contributed by atoms with Crippen LogP contribution in [0, 0.1) is 5.92 Å². The summed E-state index contributed by atoms with van der Waals surface area (Å²) in [6, 6.07) is 0. The zero-order chi connectivity index (χ0) is 13.5. The van der Waals surface area contributed by atoms with Gasteiger partial charge in [-0.25, -0.2) is 0 Å². The Kier molecular flexibility index (Phi) is 16.8. The summed E-state index contributed by atoms with van der Waals surface area (Å²) in [5.74, 6) is 0.256. The average molecular weight is 245 g/mol. The first-order chi connectivity index (χ1) is 8.13. The van der Waals surface area contributed by atoms with Crippen LogP contribution in [0.25, 0.3) is 0 Å². The molecule has 0 amide bonds. The Labute approximate surface area is 105 Å². The van der Waals surface area contributed by atoms with E-state index in [-0.39, 0.29) is 18.3 Å². The molecule has 1 unspecified atom stereocenters. The third-order valence-electron chi connectivity index (χ3n) is 2.04. The van der Waals surface area contributed by atoms with Crippen molar-refractivity contribution in [3.05, 3.63) is 12.7 Å². The molecule has 4 nitrogen and oxygen atoms in total. The topological polar surface area (TPSA) is 61.5 Å². The Hall–Kier alpha value is -0.710. The van der Waals surface area contributed by atoms with Crippen molar-refractivity contribution >= 4 is 5.78 Å². The predicted molar refractivity (Wildman–Crippen MR) is 71.0 cm³/mol. The molecule has 0 aliphatic rings. The van der Waals surface area contributed by atoms with Gasteiger partial charge in [-0.05, 0) is 13.3 Å². The number of Topliss-reactive ketones (excluding diaryl/α,β-unsaturated/α-hetero) is 1. The van der Waals surface area contributed by atoms with Crippen molar-refractivity contribution in [2.24, 2.45) is 11.7 Å². The predicted octanol–water partition coefficient (Wildman–Crippen LogP) is 1.79. The van der Waals surface area contributed by atoms with Crippen LogP contribution in [0.2, 0.25) is 0 Å². The summed E-state index contributed by atoms with van der Waals surface area (Å²) < 4.78 is 10.2. The minimum Gasteiger partial charge on any atom is -0.378 e. The molecule has 0 aliphatic heterocycles. The lowest BCUT2D eigenvalue weighted by molar-refractivity contribution is -0.127. The number of ether oxygens (including phenoxy) is 2. The highest BCUT2D eigenvalue weighted by molar-refractivity contribution is 5.81. The number of carbonyl (C=O) groups excluding carboxylic acids is 1. The van der Waals surface area contributed by atoms with Gasteiger partial charge in [0, 0.05) is 12.5 Å². The summed E-state index contributed by atoms with van der Waals surface area (Å²) >= 11 is 0. The Balaban J connectivity index is 0. The molecular formula is C13H27NO3. The largest absolute Gasteiger partial charge is 0.378 e. The fraction of sp³-hybridized carbons (Fsp3) is 0.769. The lowest BCUT2D eigenvalue weighted by atomic mass is 10.1. The number of allylic oxidation sites excluding steroid dienone is 1. The number of rotatable bonds is 9. The first-order valence-corrected chi connectivity index (χ1v) is 6.09. The number of hydrogen-bond donors (Lipinski definition) is 1. The highest BCUT2D eigenvalue weighted by Crippen LogP contribution is 2.01. The number of hydrogen-bond acceptors (Lipinski definition) is 4. The van der Waals surface area contributed by atoms with Crippen molar-refractivity contribution in [2.75, 3.05) is 33.0 Å². The second-order valence-electron chi connectivity index (χ2n) is 3.64. The lowest BCUT2D eigenvalue weighted by Crippen LogP contribution is -2.19. The quantitative estimate of drug-likeness (QED) is 0.497. The molecule has 0 aromatic heterocycles. The minimum absolute atomic E-state index is 0.0972. The molecular weight excluding hydrogens is 218 g/mol. The van der Waals surface area contributed by atoms with Gasteiger partial charge in [-0.2, -0.15) is 0 Å². The van der Waals surface area contributed by atoms with Crippen LogP contribution in [-0.4, -0.2) is 38.8 Å². The minimum atomic E-state index is 0.0972. The van der Waals surface area contributed by atoms with E-state index < -0.39 is 0 Å². The van der Waals surface area contributed by atoms with Crippen molar-refractivity contribution in [2.45, 2.75) is 27.2 Å². The Bertz CT molecular complexity index is 184. The molecule has 4 heteroatoms. The highest BCUT2D eigenvalue weighted by Gasteiger charge is 2.09. The van der Waals surface area contributed by atoms with E-state index in [2.05, 4.69) is 6.58 Å². The van der Waals surface area contributed by atoms with Crippen LogP contribution < -0.4 is 5.73 Å². The molecule has 2 N–H and O–H groups in total. The summed E-state index contributed by atoms with van der Waals surface area (Å²) in [7, 11) is 0. The van der Waals surface area contributed by atoms with E-state index in [9.17, 15) is 4.79 Å². The van der Waals surface area contributed by atoms with E-state index in [1.54, 1.807) is 6.08 Å². The van der Waals surface area contributed by atoms with Crippen LogP contribution in [0.1, 0.15) is 27.2 Å². The first-order valence-electron chi connectivity index (χ1n) is 6.09. The van der Waals surface area contributed by atoms with Crippen LogP contribution in [0.5, 0.6) is 0 Å². The third-order valence-corrected chi connectivity index (χ3v) is 2.04. The Morgan fingerprint density at radius 1 is 1.35 bits per heavy atom. The first kappa shape index (κ1) is 18.6. The van der Waals surface area contributed by atoms with Gasteiger partial charge in [0.15, 0.2) is 5.78 Å². The van der Waals surface area contributed by atoms with E-state index in [4.69, 9.17) is 15.2 Å². The van der Waals surface area contributed by atoms with Gasteiger partial charge in [-0.1, -0.05) is 19.9 Å².